The molecule has 2 heterocycles. The number of ether oxygens (including phenoxy) is 1. The Morgan fingerprint density at radius 3 is 2.67 bits per heavy atom. The van der Waals surface area contributed by atoms with Crippen molar-refractivity contribution in [2.45, 2.75) is 33.2 Å². The van der Waals surface area contributed by atoms with Gasteiger partial charge < -0.3 is 24.1 Å². The van der Waals surface area contributed by atoms with Gasteiger partial charge in [-0.3, -0.25) is 9.59 Å². The van der Waals surface area contributed by atoms with E-state index >= 15 is 0 Å². The maximum Gasteiger partial charge on any atom is 0.290 e. The summed E-state index contributed by atoms with van der Waals surface area (Å²) < 4.78 is 11.2. The molecule has 3 rings (SSSR count). The Balaban J connectivity index is 1.97. The van der Waals surface area contributed by atoms with Crippen molar-refractivity contribution in [3.8, 4) is 5.75 Å². The molecule has 33 heavy (non-hydrogen) atoms. The Bertz CT molecular complexity index is 1030. The summed E-state index contributed by atoms with van der Waals surface area (Å²) in [5, 5.41) is 10.8. The predicted octanol–water partition coefficient (Wildman–Crippen LogP) is 4.46. The van der Waals surface area contributed by atoms with E-state index < -0.39 is 23.5 Å². The largest absolute Gasteiger partial charge is 0.503 e. The van der Waals surface area contributed by atoms with Crippen LogP contribution in [0.1, 0.15) is 48.2 Å². The Labute approximate surface area is 194 Å². The van der Waals surface area contributed by atoms with Gasteiger partial charge in [0, 0.05) is 6.54 Å². The summed E-state index contributed by atoms with van der Waals surface area (Å²) in [6.45, 7) is 13.0. The van der Waals surface area contributed by atoms with Gasteiger partial charge in [0.25, 0.3) is 5.91 Å². The lowest BCUT2D eigenvalue weighted by atomic mass is 9.95. The van der Waals surface area contributed by atoms with Gasteiger partial charge in [-0.25, -0.2) is 0 Å². The Kier molecular flexibility index (Phi) is 8.11. The highest BCUT2D eigenvalue weighted by Gasteiger charge is 2.44. The van der Waals surface area contributed by atoms with Crippen molar-refractivity contribution < 1.29 is 23.8 Å². The third-order valence-corrected chi connectivity index (χ3v) is 5.82. The van der Waals surface area contributed by atoms with Gasteiger partial charge in [-0.1, -0.05) is 38.6 Å². The molecular weight excluding hydrogens is 420 g/mol. The standard InChI is InChI=1S/C26H32N2O5/c1-5-16-32-20-11-8-10-19(17-20)23-22(24(29)21-13-12-18(4)33-21)25(30)26(31)28(23)15-9-14-27(6-2)7-3/h5,8,10-13,17,23,30H,1,6-7,9,14-16H2,2-4H3. The van der Waals surface area contributed by atoms with Crippen LogP contribution in [0.2, 0.25) is 0 Å². The van der Waals surface area contributed by atoms with E-state index in [1.807, 2.05) is 6.07 Å². The second-order valence-corrected chi connectivity index (χ2v) is 7.96. The van der Waals surface area contributed by atoms with E-state index in [0.29, 0.717) is 36.6 Å². The number of carbonyl (C=O) groups is 2. The molecule has 1 amide bonds. The molecule has 1 aromatic carbocycles. The summed E-state index contributed by atoms with van der Waals surface area (Å²) in [6.07, 6.45) is 2.36. The van der Waals surface area contributed by atoms with Crippen molar-refractivity contribution in [3.05, 3.63) is 77.5 Å². The van der Waals surface area contributed by atoms with Crippen LogP contribution in [-0.2, 0) is 4.79 Å². The average Bonchev–Trinajstić information content (AvgIpc) is 3.36. The smallest absolute Gasteiger partial charge is 0.290 e. The van der Waals surface area contributed by atoms with Gasteiger partial charge in [0.05, 0.1) is 11.6 Å². The third-order valence-electron chi connectivity index (χ3n) is 5.82. The minimum Gasteiger partial charge on any atom is -0.503 e. The summed E-state index contributed by atoms with van der Waals surface area (Å²) >= 11 is 0. The molecule has 0 aliphatic carbocycles. The average molecular weight is 453 g/mol. The predicted molar refractivity (Wildman–Crippen MR) is 126 cm³/mol. The molecule has 1 atom stereocenters. The number of furan rings is 1. The molecule has 1 N–H and O–H groups in total. The van der Waals surface area contributed by atoms with E-state index in [4.69, 9.17) is 9.15 Å². The van der Waals surface area contributed by atoms with Crippen LogP contribution < -0.4 is 4.74 Å². The van der Waals surface area contributed by atoms with Crippen molar-refractivity contribution in [1.29, 1.82) is 0 Å². The zero-order valence-electron chi connectivity index (χ0n) is 19.5. The quantitative estimate of drug-likeness (QED) is 0.378. The number of nitrogens with zero attached hydrogens (tertiary/aromatic N) is 2. The number of carbonyl (C=O) groups excluding carboxylic acids is 2. The number of hydrogen-bond acceptors (Lipinski definition) is 6. The number of aliphatic hydroxyl groups excluding tert-OH is 1. The summed E-state index contributed by atoms with van der Waals surface area (Å²) in [4.78, 5) is 30.3. The molecule has 1 aliphatic heterocycles. The van der Waals surface area contributed by atoms with E-state index in [0.717, 1.165) is 19.6 Å². The molecule has 0 saturated carbocycles. The summed E-state index contributed by atoms with van der Waals surface area (Å²) in [6, 6.07) is 9.73. The number of aliphatic hydroxyl groups is 1. The SMILES string of the molecule is C=CCOc1cccc(C2C(C(=O)c3ccc(C)o3)=C(O)C(=O)N2CCCN(CC)CC)c1. The lowest BCUT2D eigenvalue weighted by molar-refractivity contribution is -0.129. The fraction of sp³-hybridized carbons (Fsp3) is 0.385. The molecular formula is C26H32N2O5. The van der Waals surface area contributed by atoms with Crippen molar-refractivity contribution in [2.24, 2.45) is 0 Å². The van der Waals surface area contributed by atoms with Gasteiger partial charge >= 0.3 is 0 Å². The van der Waals surface area contributed by atoms with E-state index in [1.54, 1.807) is 48.2 Å². The lowest BCUT2D eigenvalue weighted by Gasteiger charge is -2.28. The number of rotatable bonds is 12. The van der Waals surface area contributed by atoms with Crippen LogP contribution in [0.25, 0.3) is 0 Å². The van der Waals surface area contributed by atoms with E-state index in [-0.39, 0.29) is 11.3 Å². The maximum absolute atomic E-state index is 13.3. The lowest BCUT2D eigenvalue weighted by Crippen LogP contribution is -2.34. The third kappa shape index (κ3) is 5.37. The van der Waals surface area contributed by atoms with Gasteiger partial charge in [-0.2, -0.15) is 0 Å². The molecule has 7 heteroatoms. The Morgan fingerprint density at radius 2 is 2.03 bits per heavy atom. The van der Waals surface area contributed by atoms with Crippen LogP contribution in [0.4, 0.5) is 0 Å². The number of benzene rings is 1. The van der Waals surface area contributed by atoms with Gasteiger partial charge in [-0.15, -0.1) is 0 Å². The normalized spacial score (nSPS) is 16.1. The monoisotopic (exact) mass is 452 g/mol. The highest BCUT2D eigenvalue weighted by Crippen LogP contribution is 2.40. The van der Waals surface area contributed by atoms with Crippen LogP contribution in [0.3, 0.4) is 0 Å². The molecule has 0 fully saturated rings. The number of aryl methyl sites for hydroxylation is 1. The number of amides is 1. The topological polar surface area (TPSA) is 83.2 Å². The van der Waals surface area contributed by atoms with Crippen LogP contribution in [0, 0.1) is 6.92 Å². The van der Waals surface area contributed by atoms with Gasteiger partial charge in [0.1, 0.15) is 18.1 Å². The van der Waals surface area contributed by atoms with Crippen LogP contribution in [0.15, 0.2) is 64.8 Å². The maximum atomic E-state index is 13.3. The fourth-order valence-corrected chi connectivity index (χ4v) is 4.09. The molecule has 7 nitrogen and oxygen atoms in total. The second kappa shape index (κ2) is 11.0. The van der Waals surface area contributed by atoms with Crippen LogP contribution in [0.5, 0.6) is 5.75 Å². The first-order valence-electron chi connectivity index (χ1n) is 11.3. The number of hydrogen-bond donors (Lipinski definition) is 1. The van der Waals surface area contributed by atoms with Gasteiger partial charge in [-0.05, 0) is 62.8 Å². The number of ketones is 1. The highest BCUT2D eigenvalue weighted by atomic mass is 16.5. The summed E-state index contributed by atoms with van der Waals surface area (Å²) in [5.74, 6) is -0.313. The van der Waals surface area contributed by atoms with Crippen molar-refractivity contribution >= 4 is 11.7 Å². The molecule has 0 saturated heterocycles. The first-order valence-corrected chi connectivity index (χ1v) is 11.3. The molecule has 0 bridgehead atoms. The number of Topliss-reactive ketones (excluding diaryl/α,β-unsaturated/α-hetero) is 1. The second-order valence-electron chi connectivity index (χ2n) is 7.96. The Morgan fingerprint density at radius 1 is 1.27 bits per heavy atom. The molecule has 0 spiro atoms. The molecule has 1 aromatic heterocycles. The van der Waals surface area contributed by atoms with Crippen molar-refractivity contribution in [1.82, 2.24) is 9.80 Å². The zero-order valence-corrected chi connectivity index (χ0v) is 19.5. The molecule has 1 aliphatic rings. The summed E-state index contributed by atoms with van der Waals surface area (Å²) in [7, 11) is 0. The minimum atomic E-state index is -0.737. The van der Waals surface area contributed by atoms with Crippen molar-refractivity contribution in [2.75, 3.05) is 32.8 Å². The van der Waals surface area contributed by atoms with Gasteiger partial charge in [0.2, 0.25) is 5.78 Å². The molecule has 2 aromatic rings. The van der Waals surface area contributed by atoms with E-state index in [1.165, 1.54) is 0 Å². The fourth-order valence-electron chi connectivity index (χ4n) is 4.09. The molecule has 0 radical (unpaired) electrons. The first kappa shape index (κ1) is 24.3. The highest BCUT2D eigenvalue weighted by molar-refractivity contribution is 6.15. The first-order chi connectivity index (χ1) is 15.9. The zero-order chi connectivity index (χ0) is 24.0. The van der Waals surface area contributed by atoms with Crippen molar-refractivity contribution in [3.63, 3.8) is 0 Å². The Hall–Kier alpha value is -3.32. The van der Waals surface area contributed by atoms with E-state index in [9.17, 15) is 14.7 Å². The van der Waals surface area contributed by atoms with Crippen LogP contribution in [-0.4, -0.2) is 59.4 Å². The van der Waals surface area contributed by atoms with E-state index in [2.05, 4.69) is 25.3 Å². The minimum absolute atomic E-state index is 0.0260. The summed E-state index contributed by atoms with van der Waals surface area (Å²) in [5.41, 5.74) is 0.710. The molecule has 1 unspecified atom stereocenters. The van der Waals surface area contributed by atoms with Crippen LogP contribution >= 0.6 is 0 Å². The van der Waals surface area contributed by atoms with Gasteiger partial charge in [0.15, 0.2) is 11.5 Å². The molecule has 176 valence electrons.